The first-order valence-electron chi connectivity index (χ1n) is 6.45. The van der Waals surface area contributed by atoms with Gasteiger partial charge in [-0.1, -0.05) is 6.92 Å². The second kappa shape index (κ2) is 6.74. The number of halogens is 1. The topological polar surface area (TPSA) is 74.7 Å². The molecule has 1 unspecified atom stereocenters. The highest BCUT2D eigenvalue weighted by Crippen LogP contribution is 2.27. The van der Waals surface area contributed by atoms with E-state index in [-0.39, 0.29) is 17.1 Å². The van der Waals surface area contributed by atoms with Gasteiger partial charge in [-0.2, -0.15) is 11.8 Å². The highest BCUT2D eigenvalue weighted by atomic mass is 127. The van der Waals surface area contributed by atoms with Crippen LogP contribution in [0.4, 0.5) is 0 Å². The van der Waals surface area contributed by atoms with Crippen LogP contribution < -0.4 is 0 Å². The largest absolute Gasteiger partial charge is 0.507 e. The fourth-order valence-electron chi connectivity index (χ4n) is 2.14. The van der Waals surface area contributed by atoms with E-state index in [2.05, 4.69) is 22.6 Å². The van der Waals surface area contributed by atoms with Gasteiger partial charge in [-0.3, -0.25) is 4.79 Å². The molecule has 0 aliphatic carbocycles. The monoisotopic (exact) mass is 441 g/mol. The number of rotatable bonds is 3. The summed E-state index contributed by atoms with van der Waals surface area (Å²) in [5.74, 6) is 0.540. The first-order valence-corrected chi connectivity index (χ1v) is 10.4. The number of sulfone groups is 1. The Morgan fingerprint density at radius 3 is 2.90 bits per heavy atom. The Kier molecular flexibility index (Phi) is 5.42. The molecule has 0 bridgehead atoms. The molecule has 1 aliphatic heterocycles. The van der Waals surface area contributed by atoms with E-state index in [1.807, 2.05) is 0 Å². The lowest BCUT2D eigenvalue weighted by molar-refractivity contribution is 0.0746. The standard InChI is InChI=1S/C13H16INO4S2/c1-2-21(18,19)12-8-20-6-5-15(12)13(17)10-7-9(14)3-4-11(10)16/h3-4,7,12,16H,2,5-6,8H2,1H3. The summed E-state index contributed by atoms with van der Waals surface area (Å²) in [4.78, 5) is 14.0. The Hall–Kier alpha value is -0.480. The number of carbonyl (C=O) groups is 1. The summed E-state index contributed by atoms with van der Waals surface area (Å²) in [5.41, 5.74) is 0.158. The lowest BCUT2D eigenvalue weighted by Gasteiger charge is -2.34. The average Bonchev–Trinajstić information content (AvgIpc) is 2.49. The third kappa shape index (κ3) is 3.65. The molecule has 116 valence electrons. The van der Waals surface area contributed by atoms with Crippen LogP contribution >= 0.6 is 34.4 Å². The van der Waals surface area contributed by atoms with Crippen LogP contribution in [0.25, 0.3) is 0 Å². The molecular weight excluding hydrogens is 425 g/mol. The van der Waals surface area contributed by atoms with Gasteiger partial charge in [0.05, 0.1) is 5.56 Å². The number of carbonyl (C=O) groups excluding carboxylic acids is 1. The van der Waals surface area contributed by atoms with E-state index >= 15 is 0 Å². The minimum Gasteiger partial charge on any atom is -0.507 e. The normalized spacial score (nSPS) is 19.5. The number of amides is 1. The second-order valence-corrected chi connectivity index (χ2v) is 9.48. The SMILES string of the molecule is CCS(=O)(=O)C1CSCCN1C(=O)c1cc(I)ccc1O. The van der Waals surface area contributed by atoms with Gasteiger partial charge in [0.15, 0.2) is 9.84 Å². The zero-order valence-corrected chi connectivity index (χ0v) is 15.2. The predicted octanol–water partition coefficient (Wildman–Crippen LogP) is 1.95. The van der Waals surface area contributed by atoms with E-state index in [4.69, 9.17) is 0 Å². The molecule has 0 radical (unpaired) electrons. The summed E-state index contributed by atoms with van der Waals surface area (Å²) in [6.07, 6.45) is 0. The lowest BCUT2D eigenvalue weighted by Crippen LogP contribution is -2.50. The van der Waals surface area contributed by atoms with E-state index in [0.29, 0.717) is 18.1 Å². The van der Waals surface area contributed by atoms with E-state index in [1.165, 1.54) is 22.7 Å². The number of thioether (sulfide) groups is 1. The molecule has 1 aliphatic rings. The molecule has 21 heavy (non-hydrogen) atoms. The van der Waals surface area contributed by atoms with Crippen molar-refractivity contribution in [1.29, 1.82) is 0 Å². The third-order valence-electron chi connectivity index (χ3n) is 3.35. The smallest absolute Gasteiger partial charge is 0.258 e. The summed E-state index contributed by atoms with van der Waals surface area (Å²) in [7, 11) is -3.35. The highest BCUT2D eigenvalue weighted by Gasteiger charge is 2.36. The van der Waals surface area contributed by atoms with Crippen LogP contribution in [0.1, 0.15) is 17.3 Å². The quantitative estimate of drug-likeness (QED) is 0.726. The molecule has 1 amide bonds. The first-order chi connectivity index (χ1) is 9.86. The molecule has 1 fully saturated rings. The molecule has 0 saturated carbocycles. The minimum atomic E-state index is -3.35. The van der Waals surface area contributed by atoms with Gasteiger partial charge in [0.2, 0.25) is 0 Å². The summed E-state index contributed by atoms with van der Waals surface area (Å²) < 4.78 is 25.2. The fraction of sp³-hybridized carbons (Fsp3) is 0.462. The molecular formula is C13H16INO4S2. The van der Waals surface area contributed by atoms with Gasteiger partial charge in [-0.05, 0) is 40.8 Å². The van der Waals surface area contributed by atoms with E-state index in [0.717, 1.165) is 3.57 Å². The van der Waals surface area contributed by atoms with Gasteiger partial charge in [0, 0.05) is 27.4 Å². The summed E-state index contributed by atoms with van der Waals surface area (Å²) >= 11 is 3.58. The third-order valence-corrected chi connectivity index (χ3v) is 7.31. The molecule has 1 heterocycles. The van der Waals surface area contributed by atoms with Crippen LogP contribution in [-0.2, 0) is 9.84 Å². The van der Waals surface area contributed by atoms with Gasteiger partial charge < -0.3 is 10.0 Å². The van der Waals surface area contributed by atoms with Gasteiger partial charge in [0.25, 0.3) is 5.91 Å². The number of phenolic OH excluding ortho intramolecular Hbond substituents is 1. The number of aromatic hydroxyl groups is 1. The maximum Gasteiger partial charge on any atom is 0.258 e. The van der Waals surface area contributed by atoms with Crippen molar-refractivity contribution in [2.45, 2.75) is 12.3 Å². The van der Waals surface area contributed by atoms with Crippen molar-refractivity contribution in [3.63, 3.8) is 0 Å². The van der Waals surface area contributed by atoms with E-state index in [9.17, 15) is 18.3 Å². The molecule has 8 heteroatoms. The van der Waals surface area contributed by atoms with Crippen LogP contribution in [-0.4, -0.2) is 53.5 Å². The summed E-state index contributed by atoms with van der Waals surface area (Å²) in [5, 5.41) is 9.06. The van der Waals surface area contributed by atoms with Crippen molar-refractivity contribution >= 4 is 50.1 Å². The number of hydrogen-bond donors (Lipinski definition) is 1. The molecule has 1 aromatic carbocycles. The number of hydrogen-bond acceptors (Lipinski definition) is 5. The number of nitrogens with zero attached hydrogens (tertiary/aromatic N) is 1. The molecule has 2 rings (SSSR count). The Labute approximate surface area is 142 Å². The van der Waals surface area contributed by atoms with Crippen LogP contribution in [0.5, 0.6) is 5.75 Å². The second-order valence-electron chi connectivity index (χ2n) is 4.64. The Morgan fingerprint density at radius 1 is 1.52 bits per heavy atom. The number of phenols is 1. The van der Waals surface area contributed by atoms with Crippen molar-refractivity contribution in [2.24, 2.45) is 0 Å². The van der Waals surface area contributed by atoms with E-state index in [1.54, 1.807) is 19.1 Å². The van der Waals surface area contributed by atoms with Crippen molar-refractivity contribution in [3.8, 4) is 5.75 Å². The zero-order valence-electron chi connectivity index (χ0n) is 11.5. The van der Waals surface area contributed by atoms with Crippen LogP contribution in [0, 0.1) is 3.57 Å². The number of benzene rings is 1. The van der Waals surface area contributed by atoms with Crippen molar-refractivity contribution in [2.75, 3.05) is 23.8 Å². The van der Waals surface area contributed by atoms with Gasteiger partial charge >= 0.3 is 0 Å². The van der Waals surface area contributed by atoms with Crippen LogP contribution in [0.2, 0.25) is 0 Å². The van der Waals surface area contributed by atoms with Gasteiger partial charge in [-0.15, -0.1) is 0 Å². The lowest BCUT2D eigenvalue weighted by atomic mass is 10.1. The maximum atomic E-state index is 12.6. The van der Waals surface area contributed by atoms with Crippen molar-refractivity contribution in [3.05, 3.63) is 27.3 Å². The minimum absolute atomic E-state index is 0.000310. The van der Waals surface area contributed by atoms with Crippen molar-refractivity contribution < 1.29 is 18.3 Å². The molecule has 1 saturated heterocycles. The first kappa shape index (κ1) is 16.9. The zero-order chi connectivity index (χ0) is 15.6. The molecule has 1 atom stereocenters. The fourth-order valence-corrected chi connectivity index (χ4v) is 5.59. The molecule has 0 aromatic heterocycles. The molecule has 1 aromatic rings. The predicted molar refractivity (Wildman–Crippen MR) is 92.4 cm³/mol. The van der Waals surface area contributed by atoms with E-state index < -0.39 is 21.1 Å². The van der Waals surface area contributed by atoms with Gasteiger partial charge in [0.1, 0.15) is 11.1 Å². The van der Waals surface area contributed by atoms with Crippen molar-refractivity contribution in [1.82, 2.24) is 4.90 Å². The van der Waals surface area contributed by atoms with Gasteiger partial charge in [-0.25, -0.2) is 8.42 Å². The average molecular weight is 441 g/mol. The van der Waals surface area contributed by atoms with Crippen LogP contribution in [0.3, 0.4) is 0 Å². The Morgan fingerprint density at radius 2 is 2.24 bits per heavy atom. The summed E-state index contributed by atoms with van der Waals surface area (Å²) in [6.45, 7) is 1.96. The van der Waals surface area contributed by atoms with Crippen LogP contribution in [0.15, 0.2) is 18.2 Å². The summed E-state index contributed by atoms with van der Waals surface area (Å²) in [6, 6.07) is 4.73. The molecule has 1 N–H and O–H groups in total. The Bertz CT molecular complexity index is 648. The maximum absolute atomic E-state index is 12.6. The Balaban J connectivity index is 2.37. The highest BCUT2D eigenvalue weighted by molar-refractivity contribution is 14.1. The molecule has 0 spiro atoms. The molecule has 5 nitrogen and oxygen atoms in total.